The number of rotatable bonds is 13. The van der Waals surface area contributed by atoms with E-state index in [2.05, 4.69) is 40.1 Å². The van der Waals surface area contributed by atoms with Crippen LogP contribution in [0, 0.1) is 5.92 Å². The van der Waals surface area contributed by atoms with Gasteiger partial charge in [0.2, 0.25) is 0 Å². The lowest BCUT2D eigenvalue weighted by molar-refractivity contribution is -0.906. The van der Waals surface area contributed by atoms with Crippen LogP contribution in [0.1, 0.15) is 71.3 Å². The number of carboxylic acids is 1. The Hall–Kier alpha value is -1.59. The van der Waals surface area contributed by atoms with Gasteiger partial charge in [0.15, 0.2) is 0 Å². The monoisotopic (exact) mass is 409 g/mol. The summed E-state index contributed by atoms with van der Waals surface area (Å²) in [5.41, 5.74) is 1.27. The number of methoxy groups -OCH3 is 1. The molecule has 1 aromatic rings. The fraction of sp³-hybridized carbons (Fsp3) is 0.708. The quantitative estimate of drug-likeness (QED) is 0.504. The van der Waals surface area contributed by atoms with Crippen molar-refractivity contribution >= 4 is 5.97 Å². The molecule has 0 radical (unpaired) electrons. The maximum absolute atomic E-state index is 10.3. The average Bonchev–Trinajstić information content (AvgIpc) is 2.67. The second-order valence-corrected chi connectivity index (χ2v) is 8.49. The van der Waals surface area contributed by atoms with Gasteiger partial charge in [-0.05, 0) is 49.4 Å². The SMILES string of the molecule is CCCCC(CC)C(=O)[O-].CCCCC(O)C[N+](C)(C)Cc1ccc(OC)cc1. The van der Waals surface area contributed by atoms with E-state index in [9.17, 15) is 15.0 Å². The Bertz CT molecular complexity index is 542. The first kappa shape index (κ1) is 27.4. The molecule has 29 heavy (non-hydrogen) atoms. The molecule has 1 aromatic carbocycles. The number of carboxylic acid groups (broad SMARTS) is 1. The number of aliphatic hydroxyl groups is 1. The van der Waals surface area contributed by atoms with Crippen LogP contribution >= 0.6 is 0 Å². The minimum atomic E-state index is -0.893. The van der Waals surface area contributed by atoms with E-state index in [-0.39, 0.29) is 12.0 Å². The number of aliphatic carboxylic acids is 1. The van der Waals surface area contributed by atoms with Gasteiger partial charge >= 0.3 is 0 Å². The highest BCUT2D eigenvalue weighted by molar-refractivity contribution is 5.67. The summed E-state index contributed by atoms with van der Waals surface area (Å²) in [4.78, 5) is 10.3. The number of unbranched alkanes of at least 4 members (excludes halogenated alkanes) is 2. The number of ether oxygens (including phenoxy) is 1. The number of likely N-dealkylation sites (N-methyl/N-ethyl adjacent to an activating group) is 1. The molecular formula is C24H43NO4. The zero-order valence-corrected chi connectivity index (χ0v) is 19.4. The van der Waals surface area contributed by atoms with Crippen LogP contribution in [0.15, 0.2) is 24.3 Å². The molecule has 0 heterocycles. The summed E-state index contributed by atoms with van der Waals surface area (Å²) >= 11 is 0. The minimum Gasteiger partial charge on any atom is -0.550 e. The lowest BCUT2D eigenvalue weighted by atomic mass is 10.00. The minimum absolute atomic E-state index is 0.201. The van der Waals surface area contributed by atoms with Gasteiger partial charge < -0.3 is 24.2 Å². The van der Waals surface area contributed by atoms with Crippen molar-refractivity contribution in [3.63, 3.8) is 0 Å². The van der Waals surface area contributed by atoms with Crippen LogP contribution in [0.5, 0.6) is 5.75 Å². The molecule has 0 aromatic heterocycles. The zero-order chi connectivity index (χ0) is 22.3. The Morgan fingerprint density at radius 1 is 1.07 bits per heavy atom. The van der Waals surface area contributed by atoms with Crippen molar-refractivity contribution < 1.29 is 24.2 Å². The summed E-state index contributed by atoms with van der Waals surface area (Å²) in [6.45, 7) is 7.82. The number of aliphatic hydroxyl groups excluding tert-OH is 1. The smallest absolute Gasteiger partial charge is 0.118 e. The number of hydrogen-bond acceptors (Lipinski definition) is 4. The van der Waals surface area contributed by atoms with Crippen molar-refractivity contribution in [1.29, 1.82) is 0 Å². The van der Waals surface area contributed by atoms with Crippen LogP contribution in [-0.2, 0) is 11.3 Å². The van der Waals surface area contributed by atoms with E-state index in [1.807, 2.05) is 19.1 Å². The van der Waals surface area contributed by atoms with Gasteiger partial charge in [-0.25, -0.2) is 0 Å². The molecule has 0 spiro atoms. The highest BCUT2D eigenvalue weighted by Gasteiger charge is 2.20. The molecule has 5 heteroatoms. The third-order valence-electron chi connectivity index (χ3n) is 5.10. The lowest BCUT2D eigenvalue weighted by Crippen LogP contribution is -2.44. The van der Waals surface area contributed by atoms with Gasteiger partial charge in [0.05, 0.1) is 21.2 Å². The molecule has 1 N–H and O–H groups in total. The molecule has 0 aliphatic carbocycles. The molecule has 0 amide bonds. The number of nitrogens with zero attached hydrogens (tertiary/aromatic N) is 1. The van der Waals surface area contributed by atoms with Gasteiger partial charge in [0, 0.05) is 11.5 Å². The summed E-state index contributed by atoms with van der Waals surface area (Å²) < 4.78 is 5.97. The van der Waals surface area contributed by atoms with Gasteiger partial charge in [-0.2, -0.15) is 0 Å². The van der Waals surface area contributed by atoms with Crippen molar-refractivity contribution in [1.82, 2.24) is 0 Å². The van der Waals surface area contributed by atoms with Crippen molar-refractivity contribution in [2.24, 2.45) is 5.92 Å². The number of quaternary nitrogens is 1. The average molecular weight is 410 g/mol. The molecule has 0 bridgehead atoms. The van der Waals surface area contributed by atoms with Crippen molar-refractivity contribution in [3.05, 3.63) is 29.8 Å². The van der Waals surface area contributed by atoms with Crippen LogP contribution in [-0.4, -0.2) is 49.4 Å². The standard InChI is InChI=1S/C16H28NO2.C8H16O2/c1-5-6-7-15(18)13-17(2,3)12-14-8-10-16(19-4)11-9-14;1-3-5-6-7(4-2)8(9)10/h8-11,15,18H,5-7,12-13H2,1-4H3;7H,3-6H2,1-2H3,(H,9,10)/q+1;/p-1. The van der Waals surface area contributed by atoms with Gasteiger partial charge in [-0.1, -0.05) is 46.5 Å². The molecule has 0 aliphatic rings. The summed E-state index contributed by atoms with van der Waals surface area (Å²) in [6, 6.07) is 8.17. The second-order valence-electron chi connectivity index (χ2n) is 8.49. The van der Waals surface area contributed by atoms with E-state index in [1.54, 1.807) is 7.11 Å². The highest BCUT2D eigenvalue weighted by Crippen LogP contribution is 2.16. The molecule has 1 rings (SSSR count). The molecule has 2 atom stereocenters. The van der Waals surface area contributed by atoms with Gasteiger partial charge in [0.25, 0.3) is 0 Å². The Balaban J connectivity index is 0.000000665. The number of benzene rings is 1. The predicted molar refractivity (Wildman–Crippen MR) is 118 cm³/mol. The Morgan fingerprint density at radius 3 is 2.07 bits per heavy atom. The van der Waals surface area contributed by atoms with Crippen molar-refractivity contribution in [2.45, 2.75) is 78.4 Å². The highest BCUT2D eigenvalue weighted by atomic mass is 16.5. The van der Waals surface area contributed by atoms with E-state index in [0.29, 0.717) is 6.42 Å². The third kappa shape index (κ3) is 13.3. The summed E-state index contributed by atoms with van der Waals surface area (Å²) in [7, 11) is 6.01. The molecular weight excluding hydrogens is 366 g/mol. The van der Waals surface area contributed by atoms with E-state index in [0.717, 1.165) is 61.8 Å². The molecule has 5 nitrogen and oxygen atoms in total. The largest absolute Gasteiger partial charge is 0.550 e. The van der Waals surface area contributed by atoms with Crippen LogP contribution in [0.3, 0.4) is 0 Å². The normalized spacial score (nSPS) is 13.2. The number of hydrogen-bond donors (Lipinski definition) is 1. The number of carbonyl (C=O) groups is 1. The maximum atomic E-state index is 10.3. The van der Waals surface area contributed by atoms with Gasteiger partial charge in [-0.3, -0.25) is 0 Å². The molecule has 0 aliphatic heterocycles. The van der Waals surface area contributed by atoms with Crippen LogP contribution < -0.4 is 9.84 Å². The van der Waals surface area contributed by atoms with Crippen LogP contribution in [0.25, 0.3) is 0 Å². The van der Waals surface area contributed by atoms with Crippen molar-refractivity contribution in [3.8, 4) is 5.75 Å². The fourth-order valence-corrected chi connectivity index (χ4v) is 3.33. The van der Waals surface area contributed by atoms with Gasteiger partial charge in [-0.15, -0.1) is 0 Å². The van der Waals surface area contributed by atoms with E-state index >= 15 is 0 Å². The van der Waals surface area contributed by atoms with E-state index in [4.69, 9.17) is 4.74 Å². The second kappa shape index (κ2) is 15.3. The molecule has 168 valence electrons. The lowest BCUT2D eigenvalue weighted by Gasteiger charge is -2.32. The Morgan fingerprint density at radius 2 is 1.62 bits per heavy atom. The third-order valence-corrected chi connectivity index (χ3v) is 5.10. The molecule has 0 saturated carbocycles. The van der Waals surface area contributed by atoms with Crippen molar-refractivity contribution in [2.75, 3.05) is 27.7 Å². The molecule has 0 fully saturated rings. The first-order chi connectivity index (χ1) is 13.7. The van der Waals surface area contributed by atoms with Crippen LogP contribution in [0.2, 0.25) is 0 Å². The molecule has 0 saturated heterocycles. The topological polar surface area (TPSA) is 69.6 Å². The first-order valence-corrected chi connectivity index (χ1v) is 11.0. The first-order valence-electron chi connectivity index (χ1n) is 11.0. The zero-order valence-electron chi connectivity index (χ0n) is 19.4. The molecule has 2 unspecified atom stereocenters. The Labute approximate surface area is 178 Å². The summed E-state index contributed by atoms with van der Waals surface area (Å²) in [6.07, 6.45) is 6.47. The predicted octanol–water partition coefficient (Wildman–Crippen LogP) is 3.78. The van der Waals surface area contributed by atoms with Gasteiger partial charge in [0.1, 0.15) is 24.9 Å². The van der Waals surface area contributed by atoms with E-state index < -0.39 is 5.97 Å². The Kier molecular flexibility index (Phi) is 14.4. The maximum Gasteiger partial charge on any atom is 0.118 e. The number of carbonyl (C=O) groups excluding carboxylic acids is 1. The summed E-state index contributed by atoms with van der Waals surface area (Å²) in [5, 5.41) is 20.4. The summed E-state index contributed by atoms with van der Waals surface area (Å²) in [5.74, 6) is -0.229. The fourth-order valence-electron chi connectivity index (χ4n) is 3.33. The van der Waals surface area contributed by atoms with Crippen LogP contribution in [0.4, 0.5) is 0 Å². The van der Waals surface area contributed by atoms with E-state index in [1.165, 1.54) is 5.56 Å².